The van der Waals surface area contributed by atoms with Gasteiger partial charge in [-0.15, -0.1) is 11.3 Å². The van der Waals surface area contributed by atoms with Crippen molar-refractivity contribution in [2.45, 2.75) is 17.1 Å². The number of sulfonamides is 1. The van der Waals surface area contributed by atoms with E-state index in [9.17, 15) is 13.2 Å². The van der Waals surface area contributed by atoms with E-state index in [1.165, 1.54) is 12.3 Å². The number of hydrogen-bond acceptors (Lipinski definition) is 5. The molecule has 2 aromatic heterocycles. The van der Waals surface area contributed by atoms with Crippen LogP contribution in [-0.4, -0.2) is 19.3 Å². The van der Waals surface area contributed by atoms with Crippen LogP contribution in [0.1, 0.15) is 12.8 Å². The zero-order valence-corrected chi connectivity index (χ0v) is 12.6. The summed E-state index contributed by atoms with van der Waals surface area (Å²) in [7, 11) is -3.57. The zero-order valence-electron chi connectivity index (χ0n) is 10.9. The molecule has 2 aromatic rings. The van der Waals surface area contributed by atoms with Crippen LogP contribution in [0.15, 0.2) is 40.1 Å². The number of nitrogens with one attached hydrogen (secondary N) is 2. The first-order valence-electron chi connectivity index (χ1n) is 6.38. The van der Waals surface area contributed by atoms with E-state index in [0.29, 0.717) is 11.5 Å². The van der Waals surface area contributed by atoms with Crippen LogP contribution in [0.3, 0.4) is 0 Å². The smallest absolute Gasteiger partial charge is 0.271 e. The molecule has 0 spiro atoms. The first-order chi connectivity index (χ1) is 10.0. The van der Waals surface area contributed by atoms with Crippen molar-refractivity contribution < 1.29 is 13.2 Å². The van der Waals surface area contributed by atoms with E-state index in [-0.39, 0.29) is 16.0 Å². The standard InChI is InChI=1S/C13H13N3O3S2/c17-13(9-3-4-9)15-11-6-5-10(8-14-11)16-21(18,19)12-2-1-7-20-12/h1-2,5-9,16H,3-4H2,(H,14,15,17). The lowest BCUT2D eigenvalue weighted by Gasteiger charge is -2.07. The molecule has 2 N–H and O–H groups in total. The van der Waals surface area contributed by atoms with Gasteiger partial charge in [0.1, 0.15) is 10.0 Å². The van der Waals surface area contributed by atoms with Crippen molar-refractivity contribution in [3.63, 3.8) is 0 Å². The number of thiophene rings is 1. The Bertz CT molecular complexity index is 735. The number of rotatable bonds is 5. The molecular formula is C13H13N3O3S2. The molecule has 21 heavy (non-hydrogen) atoms. The highest BCUT2D eigenvalue weighted by atomic mass is 32.2. The number of pyridine rings is 1. The average Bonchev–Trinajstić information content (AvgIpc) is 3.15. The van der Waals surface area contributed by atoms with Crippen molar-refractivity contribution in [3.05, 3.63) is 35.8 Å². The van der Waals surface area contributed by atoms with Gasteiger partial charge >= 0.3 is 0 Å². The van der Waals surface area contributed by atoms with Gasteiger partial charge in [0.2, 0.25) is 5.91 Å². The summed E-state index contributed by atoms with van der Waals surface area (Å²) in [6.07, 6.45) is 3.22. The minimum atomic E-state index is -3.57. The fraction of sp³-hybridized carbons (Fsp3) is 0.231. The van der Waals surface area contributed by atoms with E-state index in [0.717, 1.165) is 24.2 Å². The van der Waals surface area contributed by atoms with Crippen LogP contribution in [0.5, 0.6) is 0 Å². The number of aromatic nitrogens is 1. The molecule has 0 aliphatic heterocycles. The second-order valence-corrected chi connectivity index (χ2v) is 7.59. The van der Waals surface area contributed by atoms with Gasteiger partial charge in [-0.3, -0.25) is 9.52 Å². The van der Waals surface area contributed by atoms with Crippen LogP contribution < -0.4 is 10.0 Å². The number of hydrogen-bond donors (Lipinski definition) is 2. The number of nitrogens with zero attached hydrogens (tertiary/aromatic N) is 1. The third-order valence-electron chi connectivity index (χ3n) is 2.98. The number of carbonyl (C=O) groups excluding carboxylic acids is 1. The molecule has 1 aliphatic rings. The molecule has 0 atom stereocenters. The monoisotopic (exact) mass is 323 g/mol. The van der Waals surface area contributed by atoms with E-state index in [1.54, 1.807) is 23.6 Å². The summed E-state index contributed by atoms with van der Waals surface area (Å²) in [6.45, 7) is 0. The molecule has 0 bridgehead atoms. The maximum Gasteiger partial charge on any atom is 0.271 e. The summed E-state index contributed by atoms with van der Waals surface area (Å²) in [5.74, 6) is 0.490. The van der Waals surface area contributed by atoms with E-state index in [2.05, 4.69) is 15.0 Å². The maximum absolute atomic E-state index is 12.0. The highest BCUT2D eigenvalue weighted by molar-refractivity contribution is 7.94. The summed E-state index contributed by atoms with van der Waals surface area (Å²) in [5.41, 5.74) is 0.354. The van der Waals surface area contributed by atoms with E-state index in [1.807, 2.05) is 0 Å². The normalized spacial score (nSPS) is 14.7. The first kappa shape index (κ1) is 14.0. The summed E-state index contributed by atoms with van der Waals surface area (Å²) < 4.78 is 26.7. The van der Waals surface area contributed by atoms with Gasteiger partial charge in [0.05, 0.1) is 11.9 Å². The maximum atomic E-state index is 12.0. The third-order valence-corrected chi connectivity index (χ3v) is 5.75. The SMILES string of the molecule is O=C(Nc1ccc(NS(=O)(=O)c2cccs2)cn1)C1CC1. The van der Waals surface area contributed by atoms with Gasteiger partial charge < -0.3 is 5.32 Å². The van der Waals surface area contributed by atoms with Crippen molar-refractivity contribution in [2.24, 2.45) is 5.92 Å². The lowest BCUT2D eigenvalue weighted by Crippen LogP contribution is -2.15. The topological polar surface area (TPSA) is 88.2 Å². The molecule has 1 saturated carbocycles. The van der Waals surface area contributed by atoms with Gasteiger partial charge in [-0.2, -0.15) is 0 Å². The second-order valence-electron chi connectivity index (χ2n) is 4.73. The van der Waals surface area contributed by atoms with Gasteiger partial charge in [-0.05, 0) is 36.4 Å². The number of carbonyl (C=O) groups is 1. The van der Waals surface area contributed by atoms with E-state index in [4.69, 9.17) is 0 Å². The largest absolute Gasteiger partial charge is 0.310 e. The Morgan fingerprint density at radius 3 is 2.67 bits per heavy atom. The summed E-state index contributed by atoms with van der Waals surface area (Å²) >= 11 is 1.14. The quantitative estimate of drug-likeness (QED) is 0.883. The fourth-order valence-corrected chi connectivity index (χ4v) is 3.76. The van der Waals surface area contributed by atoms with Gasteiger partial charge in [-0.1, -0.05) is 6.07 Å². The Morgan fingerprint density at radius 1 is 1.29 bits per heavy atom. The predicted molar refractivity (Wildman–Crippen MR) is 80.7 cm³/mol. The lowest BCUT2D eigenvalue weighted by molar-refractivity contribution is -0.117. The van der Waals surface area contributed by atoms with Crippen LogP contribution in [-0.2, 0) is 14.8 Å². The molecule has 0 radical (unpaired) electrons. The molecule has 6 nitrogen and oxygen atoms in total. The highest BCUT2D eigenvalue weighted by Crippen LogP contribution is 2.30. The Hall–Kier alpha value is -1.93. The molecule has 1 aliphatic carbocycles. The third kappa shape index (κ3) is 3.40. The van der Waals surface area contributed by atoms with Gasteiger partial charge in [0.15, 0.2) is 0 Å². The second kappa shape index (κ2) is 5.45. The molecule has 1 amide bonds. The first-order valence-corrected chi connectivity index (χ1v) is 8.74. The summed E-state index contributed by atoms with van der Waals surface area (Å²) in [5, 5.41) is 4.39. The Morgan fingerprint density at radius 2 is 2.10 bits per heavy atom. The average molecular weight is 323 g/mol. The summed E-state index contributed by atoms with van der Waals surface area (Å²) in [6, 6.07) is 6.35. The summed E-state index contributed by atoms with van der Waals surface area (Å²) in [4.78, 5) is 15.6. The van der Waals surface area contributed by atoms with Crippen LogP contribution in [0.25, 0.3) is 0 Å². The fourth-order valence-electron chi connectivity index (χ4n) is 1.72. The molecule has 1 fully saturated rings. The van der Waals surface area contributed by atoms with Crippen molar-refractivity contribution in [3.8, 4) is 0 Å². The minimum absolute atomic E-state index is 0.0329. The zero-order chi connectivity index (χ0) is 14.9. The molecule has 110 valence electrons. The molecule has 3 rings (SSSR count). The minimum Gasteiger partial charge on any atom is -0.310 e. The van der Waals surface area contributed by atoms with Crippen LogP contribution in [0, 0.1) is 5.92 Å². The van der Waals surface area contributed by atoms with Gasteiger partial charge in [0.25, 0.3) is 10.0 Å². The Labute approximate surface area is 126 Å². The van der Waals surface area contributed by atoms with Crippen molar-refractivity contribution in [1.82, 2.24) is 4.98 Å². The molecule has 2 heterocycles. The van der Waals surface area contributed by atoms with Gasteiger partial charge in [-0.25, -0.2) is 13.4 Å². The van der Waals surface area contributed by atoms with E-state index < -0.39 is 10.0 Å². The lowest BCUT2D eigenvalue weighted by atomic mass is 10.3. The molecule has 0 aromatic carbocycles. The Kier molecular flexibility index (Phi) is 3.64. The van der Waals surface area contributed by atoms with Crippen molar-refractivity contribution >= 4 is 38.8 Å². The predicted octanol–water partition coefficient (Wildman–Crippen LogP) is 2.29. The van der Waals surface area contributed by atoms with Crippen LogP contribution >= 0.6 is 11.3 Å². The number of anilines is 2. The number of amides is 1. The van der Waals surface area contributed by atoms with E-state index >= 15 is 0 Å². The van der Waals surface area contributed by atoms with Crippen LogP contribution in [0.2, 0.25) is 0 Å². The van der Waals surface area contributed by atoms with Gasteiger partial charge in [0, 0.05) is 5.92 Å². The van der Waals surface area contributed by atoms with Crippen molar-refractivity contribution in [2.75, 3.05) is 10.0 Å². The van der Waals surface area contributed by atoms with Crippen LogP contribution in [0.4, 0.5) is 11.5 Å². The Balaban J connectivity index is 1.68. The van der Waals surface area contributed by atoms with Crippen molar-refractivity contribution in [1.29, 1.82) is 0 Å². The molecule has 0 saturated heterocycles. The molecule has 8 heteroatoms. The highest BCUT2D eigenvalue weighted by Gasteiger charge is 2.29. The molecular weight excluding hydrogens is 310 g/mol. The molecule has 0 unspecified atom stereocenters.